The van der Waals surface area contributed by atoms with E-state index in [9.17, 15) is 0 Å². The number of rotatable bonds is 6. The monoisotopic (exact) mass is 309 g/mol. The molecule has 0 atom stereocenters. The van der Waals surface area contributed by atoms with Crippen LogP contribution in [-0.2, 0) is 6.42 Å². The van der Waals surface area contributed by atoms with Crippen molar-refractivity contribution in [2.75, 3.05) is 11.9 Å². The van der Waals surface area contributed by atoms with E-state index in [-0.39, 0.29) is 0 Å². The van der Waals surface area contributed by atoms with E-state index < -0.39 is 0 Å². The highest BCUT2D eigenvalue weighted by atomic mass is 35.5. The van der Waals surface area contributed by atoms with Crippen LogP contribution < -0.4 is 5.32 Å². The number of halogens is 1. The fourth-order valence-corrected chi connectivity index (χ4v) is 3.19. The van der Waals surface area contributed by atoms with Crippen molar-refractivity contribution in [2.24, 2.45) is 0 Å². The number of anilines is 1. The van der Waals surface area contributed by atoms with Gasteiger partial charge in [0.05, 0.1) is 15.6 Å². The van der Waals surface area contributed by atoms with E-state index in [0.29, 0.717) is 0 Å². The Labute approximate surface area is 129 Å². The van der Waals surface area contributed by atoms with Crippen LogP contribution in [0.25, 0.3) is 10.6 Å². The molecule has 1 N–H and O–H groups in total. The third-order valence-corrected chi connectivity index (χ3v) is 4.39. The maximum atomic E-state index is 6.26. The molecule has 3 nitrogen and oxygen atoms in total. The van der Waals surface area contributed by atoms with E-state index in [1.165, 1.54) is 0 Å². The SMILES string of the molecule is CCCNc1nc(CCC)nc(-c2sccc2Cl)c1C. The highest BCUT2D eigenvalue weighted by molar-refractivity contribution is 7.14. The van der Waals surface area contributed by atoms with Crippen molar-refractivity contribution in [3.05, 3.63) is 27.9 Å². The standard InChI is InChI=1S/C15H20ClN3S/c1-4-6-12-18-13(14-11(16)7-9-20-14)10(3)15(19-12)17-8-5-2/h7,9H,4-6,8H2,1-3H3,(H,17,18,19). The van der Waals surface area contributed by atoms with Crippen molar-refractivity contribution in [1.82, 2.24) is 9.97 Å². The largest absolute Gasteiger partial charge is 0.370 e. The predicted octanol–water partition coefficient (Wildman–Crippen LogP) is 4.94. The van der Waals surface area contributed by atoms with Crippen LogP contribution in [0.5, 0.6) is 0 Å². The molecule has 2 aromatic heterocycles. The second kappa shape index (κ2) is 7.04. The maximum Gasteiger partial charge on any atom is 0.133 e. The Balaban J connectivity index is 2.48. The fourth-order valence-electron chi connectivity index (χ4n) is 2.00. The smallest absolute Gasteiger partial charge is 0.133 e. The lowest BCUT2D eigenvalue weighted by atomic mass is 10.2. The van der Waals surface area contributed by atoms with Gasteiger partial charge in [0.15, 0.2) is 0 Å². The van der Waals surface area contributed by atoms with Crippen LogP contribution in [-0.4, -0.2) is 16.5 Å². The minimum absolute atomic E-state index is 0.765. The van der Waals surface area contributed by atoms with Crippen LogP contribution in [0.3, 0.4) is 0 Å². The molecule has 2 heterocycles. The van der Waals surface area contributed by atoms with E-state index >= 15 is 0 Å². The zero-order valence-electron chi connectivity index (χ0n) is 12.2. The quantitative estimate of drug-likeness (QED) is 0.821. The Morgan fingerprint density at radius 1 is 1.25 bits per heavy atom. The van der Waals surface area contributed by atoms with Crippen molar-refractivity contribution in [2.45, 2.75) is 40.0 Å². The minimum atomic E-state index is 0.765. The second-order valence-corrected chi connectivity index (χ2v) is 6.06. The number of nitrogens with one attached hydrogen (secondary N) is 1. The summed E-state index contributed by atoms with van der Waals surface area (Å²) in [5, 5.41) is 6.16. The number of hydrogen-bond donors (Lipinski definition) is 1. The summed E-state index contributed by atoms with van der Waals surface area (Å²) in [6, 6.07) is 1.92. The average molecular weight is 310 g/mol. The lowest BCUT2D eigenvalue weighted by Crippen LogP contribution is -2.09. The molecule has 0 saturated carbocycles. The van der Waals surface area contributed by atoms with Crippen LogP contribution in [0.1, 0.15) is 38.1 Å². The summed E-state index contributed by atoms with van der Waals surface area (Å²) in [4.78, 5) is 10.4. The second-order valence-electron chi connectivity index (χ2n) is 4.74. The molecule has 5 heteroatoms. The molecule has 0 amide bonds. The van der Waals surface area contributed by atoms with Gasteiger partial charge in [-0.15, -0.1) is 11.3 Å². The molecule has 2 rings (SSSR count). The molecule has 0 aliphatic carbocycles. The lowest BCUT2D eigenvalue weighted by molar-refractivity contribution is 0.830. The first-order valence-corrected chi connectivity index (χ1v) is 8.27. The molecule has 0 spiro atoms. The van der Waals surface area contributed by atoms with Crippen molar-refractivity contribution in [3.8, 4) is 10.6 Å². The van der Waals surface area contributed by atoms with Crippen LogP contribution in [0.4, 0.5) is 5.82 Å². The van der Waals surface area contributed by atoms with E-state index in [0.717, 1.165) is 58.6 Å². The van der Waals surface area contributed by atoms with Gasteiger partial charge in [-0.2, -0.15) is 0 Å². The predicted molar refractivity (Wildman–Crippen MR) is 87.9 cm³/mol. The fraction of sp³-hybridized carbons (Fsp3) is 0.467. The zero-order chi connectivity index (χ0) is 14.5. The average Bonchev–Trinajstić information content (AvgIpc) is 2.85. The van der Waals surface area contributed by atoms with Crippen molar-refractivity contribution < 1.29 is 0 Å². The molecule has 20 heavy (non-hydrogen) atoms. The van der Waals surface area contributed by atoms with Gasteiger partial charge in [-0.05, 0) is 31.2 Å². The molecule has 0 aliphatic rings. The van der Waals surface area contributed by atoms with E-state index in [4.69, 9.17) is 16.6 Å². The molecule has 0 unspecified atom stereocenters. The Bertz CT molecular complexity index is 580. The van der Waals surface area contributed by atoms with Gasteiger partial charge in [-0.3, -0.25) is 0 Å². The van der Waals surface area contributed by atoms with Crippen molar-refractivity contribution in [1.29, 1.82) is 0 Å². The highest BCUT2D eigenvalue weighted by Gasteiger charge is 2.15. The summed E-state index contributed by atoms with van der Waals surface area (Å²) in [6.45, 7) is 7.26. The summed E-state index contributed by atoms with van der Waals surface area (Å²) in [5.74, 6) is 1.82. The Hall–Kier alpha value is -1.13. The summed E-state index contributed by atoms with van der Waals surface area (Å²) in [5.41, 5.74) is 2.03. The first-order valence-electron chi connectivity index (χ1n) is 7.02. The minimum Gasteiger partial charge on any atom is -0.370 e. The molecular formula is C15H20ClN3S. The number of nitrogens with zero attached hydrogens (tertiary/aromatic N) is 2. The van der Waals surface area contributed by atoms with E-state index in [1.54, 1.807) is 11.3 Å². The number of aryl methyl sites for hydroxylation is 1. The van der Waals surface area contributed by atoms with Crippen molar-refractivity contribution >= 4 is 28.8 Å². The Kier molecular flexibility index (Phi) is 5.38. The van der Waals surface area contributed by atoms with Gasteiger partial charge >= 0.3 is 0 Å². The molecule has 0 aromatic carbocycles. The number of aromatic nitrogens is 2. The van der Waals surface area contributed by atoms with E-state index in [1.807, 2.05) is 11.4 Å². The normalized spacial score (nSPS) is 10.8. The van der Waals surface area contributed by atoms with E-state index in [2.05, 4.69) is 31.1 Å². The third-order valence-electron chi connectivity index (χ3n) is 3.04. The summed E-state index contributed by atoms with van der Waals surface area (Å²) >= 11 is 7.89. The van der Waals surface area contributed by atoms with Crippen LogP contribution >= 0.6 is 22.9 Å². The molecule has 0 bridgehead atoms. The molecule has 2 aromatic rings. The first kappa shape index (κ1) is 15.3. The van der Waals surface area contributed by atoms with Gasteiger partial charge in [0, 0.05) is 18.5 Å². The summed E-state index contributed by atoms with van der Waals surface area (Å²) < 4.78 is 0. The Morgan fingerprint density at radius 2 is 2.05 bits per heavy atom. The van der Waals surface area contributed by atoms with Gasteiger partial charge in [0.1, 0.15) is 11.6 Å². The highest BCUT2D eigenvalue weighted by Crippen LogP contribution is 2.35. The van der Waals surface area contributed by atoms with Gasteiger partial charge in [-0.25, -0.2) is 9.97 Å². The lowest BCUT2D eigenvalue weighted by Gasteiger charge is -2.13. The first-order chi connectivity index (χ1) is 9.67. The van der Waals surface area contributed by atoms with Crippen LogP contribution in [0, 0.1) is 6.92 Å². The van der Waals surface area contributed by atoms with Gasteiger partial charge in [-0.1, -0.05) is 25.4 Å². The van der Waals surface area contributed by atoms with Gasteiger partial charge in [0.2, 0.25) is 0 Å². The molecule has 0 aliphatic heterocycles. The van der Waals surface area contributed by atoms with Gasteiger partial charge < -0.3 is 5.32 Å². The molecule has 0 fully saturated rings. The van der Waals surface area contributed by atoms with Crippen LogP contribution in [0.15, 0.2) is 11.4 Å². The van der Waals surface area contributed by atoms with Gasteiger partial charge in [0.25, 0.3) is 0 Å². The number of hydrogen-bond acceptors (Lipinski definition) is 4. The summed E-state index contributed by atoms with van der Waals surface area (Å²) in [7, 11) is 0. The summed E-state index contributed by atoms with van der Waals surface area (Å²) in [6.07, 6.45) is 2.99. The zero-order valence-corrected chi connectivity index (χ0v) is 13.7. The van der Waals surface area contributed by atoms with Crippen LogP contribution in [0.2, 0.25) is 5.02 Å². The number of thiophene rings is 1. The molecule has 0 saturated heterocycles. The maximum absolute atomic E-state index is 6.26. The molecular weight excluding hydrogens is 290 g/mol. The molecule has 108 valence electrons. The molecule has 0 radical (unpaired) electrons. The van der Waals surface area contributed by atoms with Crippen molar-refractivity contribution in [3.63, 3.8) is 0 Å². The topological polar surface area (TPSA) is 37.8 Å². The Morgan fingerprint density at radius 3 is 2.65 bits per heavy atom. The third kappa shape index (κ3) is 3.30.